The number of nitrogens with zero attached hydrogens (tertiary/aromatic N) is 1. The zero-order valence-electron chi connectivity index (χ0n) is 20.5. The van der Waals surface area contributed by atoms with Gasteiger partial charge in [-0.3, -0.25) is 0 Å². The summed E-state index contributed by atoms with van der Waals surface area (Å²) in [6.45, 7) is 2.11. The van der Waals surface area contributed by atoms with Crippen LogP contribution in [0.2, 0.25) is 0 Å². The Kier molecular flexibility index (Phi) is 7.20. The predicted octanol–water partition coefficient (Wildman–Crippen LogP) is 9.81. The lowest BCUT2D eigenvalue weighted by atomic mass is 10.1. The van der Waals surface area contributed by atoms with Crippen LogP contribution in [0.15, 0.2) is 133 Å². The molecule has 0 spiro atoms. The Morgan fingerprint density at radius 2 is 0.694 bits per heavy atom. The van der Waals surface area contributed by atoms with Crippen molar-refractivity contribution < 1.29 is 0 Å². The van der Waals surface area contributed by atoms with Crippen molar-refractivity contribution in [2.45, 2.75) is 6.92 Å². The van der Waals surface area contributed by atoms with E-state index in [2.05, 4.69) is 164 Å². The molecule has 0 fully saturated rings. The van der Waals surface area contributed by atoms with Gasteiger partial charge in [0.05, 0.1) is 0 Å². The topological polar surface area (TPSA) is 3.24 Å². The van der Waals surface area contributed by atoms with Crippen LogP contribution in [0.3, 0.4) is 0 Å². The second kappa shape index (κ2) is 11.2. The first-order chi connectivity index (χ1) is 17.7. The highest BCUT2D eigenvalue weighted by atomic mass is 15.1. The van der Waals surface area contributed by atoms with Crippen LogP contribution in [0, 0.1) is 6.92 Å². The number of para-hydroxylation sites is 1. The molecule has 36 heavy (non-hydrogen) atoms. The summed E-state index contributed by atoms with van der Waals surface area (Å²) in [5.74, 6) is 0. The van der Waals surface area contributed by atoms with Crippen LogP contribution in [0.4, 0.5) is 17.1 Å². The van der Waals surface area contributed by atoms with Gasteiger partial charge in [-0.2, -0.15) is 0 Å². The van der Waals surface area contributed by atoms with Gasteiger partial charge in [-0.25, -0.2) is 0 Å². The summed E-state index contributed by atoms with van der Waals surface area (Å²) in [5.41, 5.74) is 9.41. The Balaban J connectivity index is 1.39. The number of hydrogen-bond acceptors (Lipinski definition) is 1. The lowest BCUT2D eigenvalue weighted by molar-refractivity contribution is 1.28. The zero-order chi connectivity index (χ0) is 24.6. The normalized spacial score (nSPS) is 11.2. The van der Waals surface area contributed by atoms with Crippen molar-refractivity contribution in [3.63, 3.8) is 0 Å². The molecule has 0 aliphatic heterocycles. The standard InChI is InChI=1S/C35H29N/c1-28-12-14-30(15-13-28)18-19-32-22-26-35(27-23-32)36(33-10-6-3-7-11-33)34-24-20-31(21-25-34)17-16-29-8-4-2-5-9-29/h2-27H,1H3/b17-16+,19-18-. The number of rotatable bonds is 7. The predicted molar refractivity (Wildman–Crippen MR) is 157 cm³/mol. The SMILES string of the molecule is Cc1ccc(/C=C\c2ccc(N(c3ccccc3)c3ccc(/C=C/c4ccccc4)cc3)cc2)cc1. The number of hydrogen-bond donors (Lipinski definition) is 0. The van der Waals surface area contributed by atoms with Crippen LogP contribution in [0.5, 0.6) is 0 Å². The first-order valence-corrected chi connectivity index (χ1v) is 12.3. The first-order valence-electron chi connectivity index (χ1n) is 12.3. The smallest absolute Gasteiger partial charge is 0.0462 e. The van der Waals surface area contributed by atoms with E-state index in [1.807, 2.05) is 6.07 Å². The maximum absolute atomic E-state index is 2.29. The molecule has 0 aliphatic rings. The average Bonchev–Trinajstić information content (AvgIpc) is 2.94. The third-order valence-corrected chi connectivity index (χ3v) is 6.13. The van der Waals surface area contributed by atoms with Crippen LogP contribution in [0.1, 0.15) is 27.8 Å². The Morgan fingerprint density at radius 3 is 1.14 bits per heavy atom. The van der Waals surface area contributed by atoms with E-state index in [0.29, 0.717) is 0 Å². The molecular formula is C35H29N. The monoisotopic (exact) mass is 463 g/mol. The molecule has 0 saturated carbocycles. The molecule has 0 radical (unpaired) electrons. The highest BCUT2D eigenvalue weighted by Crippen LogP contribution is 2.34. The van der Waals surface area contributed by atoms with Crippen molar-refractivity contribution in [3.8, 4) is 0 Å². The third-order valence-electron chi connectivity index (χ3n) is 6.13. The number of benzene rings is 5. The minimum absolute atomic E-state index is 1.13. The van der Waals surface area contributed by atoms with E-state index in [0.717, 1.165) is 17.1 Å². The van der Waals surface area contributed by atoms with Crippen molar-refractivity contribution in [2.24, 2.45) is 0 Å². The fourth-order valence-corrected chi connectivity index (χ4v) is 4.12. The summed E-state index contributed by atoms with van der Waals surface area (Å²) in [6, 6.07) is 46.9. The third kappa shape index (κ3) is 5.89. The molecule has 0 unspecified atom stereocenters. The van der Waals surface area contributed by atoms with E-state index in [-0.39, 0.29) is 0 Å². The van der Waals surface area contributed by atoms with Crippen molar-refractivity contribution in [1.82, 2.24) is 0 Å². The van der Waals surface area contributed by atoms with Gasteiger partial charge in [0, 0.05) is 17.1 Å². The maximum Gasteiger partial charge on any atom is 0.0462 e. The summed E-state index contributed by atoms with van der Waals surface area (Å²) < 4.78 is 0. The first kappa shape index (κ1) is 23.1. The van der Waals surface area contributed by atoms with Gasteiger partial charge in [0.15, 0.2) is 0 Å². The summed E-state index contributed by atoms with van der Waals surface area (Å²) in [5, 5.41) is 0. The van der Waals surface area contributed by atoms with Gasteiger partial charge in [-0.05, 0) is 65.6 Å². The van der Waals surface area contributed by atoms with Crippen LogP contribution in [-0.4, -0.2) is 0 Å². The van der Waals surface area contributed by atoms with E-state index in [4.69, 9.17) is 0 Å². The van der Waals surface area contributed by atoms with Gasteiger partial charge >= 0.3 is 0 Å². The second-order valence-electron chi connectivity index (χ2n) is 8.84. The van der Waals surface area contributed by atoms with Crippen LogP contribution >= 0.6 is 0 Å². The Morgan fingerprint density at radius 1 is 0.361 bits per heavy atom. The summed E-state index contributed by atoms with van der Waals surface area (Å²) in [6.07, 6.45) is 8.62. The number of anilines is 3. The molecule has 0 aliphatic carbocycles. The summed E-state index contributed by atoms with van der Waals surface area (Å²) >= 11 is 0. The molecule has 5 aromatic carbocycles. The van der Waals surface area contributed by atoms with Gasteiger partial charge < -0.3 is 4.90 Å². The van der Waals surface area contributed by atoms with Gasteiger partial charge in [0.25, 0.3) is 0 Å². The molecule has 0 N–H and O–H groups in total. The molecule has 1 nitrogen and oxygen atoms in total. The van der Waals surface area contributed by atoms with E-state index < -0.39 is 0 Å². The largest absolute Gasteiger partial charge is 0.311 e. The highest BCUT2D eigenvalue weighted by Gasteiger charge is 2.11. The fraction of sp³-hybridized carbons (Fsp3) is 0.0286. The molecule has 0 bridgehead atoms. The minimum atomic E-state index is 1.13. The highest BCUT2D eigenvalue weighted by molar-refractivity contribution is 5.79. The lowest BCUT2D eigenvalue weighted by Gasteiger charge is -2.25. The minimum Gasteiger partial charge on any atom is -0.311 e. The lowest BCUT2D eigenvalue weighted by Crippen LogP contribution is -2.09. The molecule has 5 rings (SSSR count). The molecule has 1 heteroatoms. The molecule has 0 amide bonds. The average molecular weight is 464 g/mol. The van der Waals surface area contributed by atoms with Gasteiger partial charge in [-0.15, -0.1) is 0 Å². The Bertz CT molecular complexity index is 1430. The van der Waals surface area contributed by atoms with Crippen molar-refractivity contribution in [3.05, 3.63) is 161 Å². The van der Waals surface area contributed by atoms with Crippen LogP contribution < -0.4 is 4.90 Å². The maximum atomic E-state index is 2.29. The summed E-state index contributed by atoms with van der Waals surface area (Å²) in [7, 11) is 0. The van der Waals surface area contributed by atoms with Crippen molar-refractivity contribution >= 4 is 41.4 Å². The molecule has 0 saturated heterocycles. The van der Waals surface area contributed by atoms with Crippen LogP contribution in [0.25, 0.3) is 24.3 Å². The van der Waals surface area contributed by atoms with Crippen molar-refractivity contribution in [1.29, 1.82) is 0 Å². The molecule has 174 valence electrons. The van der Waals surface area contributed by atoms with E-state index >= 15 is 0 Å². The fourth-order valence-electron chi connectivity index (χ4n) is 4.12. The van der Waals surface area contributed by atoms with E-state index in [1.165, 1.54) is 27.8 Å². The zero-order valence-corrected chi connectivity index (χ0v) is 20.5. The molecule has 0 aromatic heterocycles. The molecule has 5 aromatic rings. The Labute approximate surface area is 214 Å². The molecule has 0 heterocycles. The van der Waals surface area contributed by atoms with E-state index in [1.54, 1.807) is 0 Å². The Hall–Kier alpha value is -4.62. The molecular weight excluding hydrogens is 434 g/mol. The van der Waals surface area contributed by atoms with Gasteiger partial charge in [-0.1, -0.05) is 127 Å². The van der Waals surface area contributed by atoms with Crippen molar-refractivity contribution in [2.75, 3.05) is 4.90 Å². The van der Waals surface area contributed by atoms with Crippen LogP contribution in [-0.2, 0) is 0 Å². The summed E-state index contributed by atoms with van der Waals surface area (Å²) in [4.78, 5) is 2.29. The second-order valence-corrected chi connectivity index (χ2v) is 8.84. The van der Waals surface area contributed by atoms with E-state index in [9.17, 15) is 0 Å². The quantitative estimate of drug-likeness (QED) is 0.217. The molecule has 0 atom stereocenters. The number of aryl methyl sites for hydroxylation is 1. The van der Waals surface area contributed by atoms with Gasteiger partial charge in [0.2, 0.25) is 0 Å². The van der Waals surface area contributed by atoms with Gasteiger partial charge in [0.1, 0.15) is 0 Å².